The first kappa shape index (κ1) is 12.3. The Kier molecular flexibility index (Phi) is 3.66. The molecule has 17 heavy (non-hydrogen) atoms. The van der Waals surface area contributed by atoms with Gasteiger partial charge >= 0.3 is 0 Å². The Morgan fingerprint density at radius 1 is 1.59 bits per heavy atom. The fraction of sp³-hybridized carbons (Fsp3) is 0.727. The lowest BCUT2D eigenvalue weighted by Crippen LogP contribution is -2.45. The Labute approximate surface area is 101 Å². The number of nitrogens with zero attached hydrogens (tertiary/aromatic N) is 3. The molecule has 0 bridgehead atoms. The zero-order chi connectivity index (χ0) is 12.4. The van der Waals surface area contributed by atoms with Crippen LogP contribution in [0.3, 0.4) is 0 Å². The summed E-state index contributed by atoms with van der Waals surface area (Å²) in [6.07, 6.45) is 1.67. The molecule has 1 saturated heterocycles. The number of rotatable bonds is 3. The summed E-state index contributed by atoms with van der Waals surface area (Å²) in [4.78, 5) is 2.22. The Morgan fingerprint density at radius 3 is 3.00 bits per heavy atom. The van der Waals surface area contributed by atoms with Crippen LogP contribution < -0.4 is 10.5 Å². The average Bonchev–Trinajstić information content (AvgIpc) is 2.69. The molecule has 1 aliphatic heterocycles. The number of nitrogens with two attached hydrogens (primary N) is 1. The van der Waals surface area contributed by atoms with Crippen LogP contribution in [0.2, 0.25) is 0 Å². The summed E-state index contributed by atoms with van der Waals surface area (Å²) >= 11 is 0. The summed E-state index contributed by atoms with van der Waals surface area (Å²) in [5.74, 6) is 0.719. The van der Waals surface area contributed by atoms with E-state index in [9.17, 15) is 0 Å². The van der Waals surface area contributed by atoms with E-state index >= 15 is 0 Å². The minimum atomic E-state index is -0.222. The van der Waals surface area contributed by atoms with Crippen molar-refractivity contribution < 1.29 is 9.47 Å². The molecule has 1 fully saturated rings. The van der Waals surface area contributed by atoms with Gasteiger partial charge in [-0.3, -0.25) is 4.68 Å². The van der Waals surface area contributed by atoms with Gasteiger partial charge in [-0.2, -0.15) is 5.10 Å². The van der Waals surface area contributed by atoms with Crippen LogP contribution in [0.15, 0.2) is 6.20 Å². The van der Waals surface area contributed by atoms with Gasteiger partial charge < -0.3 is 20.1 Å². The normalized spacial score (nSPS) is 23.6. The Hall–Kier alpha value is -1.11. The SMILES string of the molecule is COc1cnn(C)c1C(N)C1CN(C)CCO1. The van der Waals surface area contributed by atoms with E-state index in [0.29, 0.717) is 0 Å². The van der Waals surface area contributed by atoms with Crippen molar-refractivity contribution >= 4 is 0 Å². The van der Waals surface area contributed by atoms with Crippen molar-refractivity contribution in [3.05, 3.63) is 11.9 Å². The van der Waals surface area contributed by atoms with Crippen LogP contribution in [-0.4, -0.2) is 54.6 Å². The fourth-order valence-electron chi connectivity index (χ4n) is 2.17. The molecule has 96 valence electrons. The van der Waals surface area contributed by atoms with Crippen LogP contribution in [-0.2, 0) is 11.8 Å². The smallest absolute Gasteiger partial charge is 0.161 e. The van der Waals surface area contributed by atoms with Crippen molar-refractivity contribution in [1.29, 1.82) is 0 Å². The molecule has 0 aromatic carbocycles. The van der Waals surface area contributed by atoms with E-state index in [0.717, 1.165) is 31.1 Å². The lowest BCUT2D eigenvalue weighted by atomic mass is 10.1. The first-order chi connectivity index (χ1) is 8.13. The molecule has 6 nitrogen and oxygen atoms in total. The number of methoxy groups -OCH3 is 1. The van der Waals surface area contributed by atoms with Crippen molar-refractivity contribution in [3.8, 4) is 5.75 Å². The minimum absolute atomic E-state index is 0.0157. The third kappa shape index (κ3) is 2.43. The van der Waals surface area contributed by atoms with Gasteiger partial charge in [-0.05, 0) is 7.05 Å². The van der Waals surface area contributed by atoms with Crippen molar-refractivity contribution in [3.63, 3.8) is 0 Å². The van der Waals surface area contributed by atoms with Crippen molar-refractivity contribution in [1.82, 2.24) is 14.7 Å². The quantitative estimate of drug-likeness (QED) is 0.790. The molecule has 1 aromatic heterocycles. The highest BCUT2D eigenvalue weighted by Crippen LogP contribution is 2.27. The molecule has 2 N–H and O–H groups in total. The Balaban J connectivity index is 2.17. The predicted octanol–water partition coefficient (Wildman–Crippen LogP) is -0.241. The molecule has 0 amide bonds. The highest BCUT2D eigenvalue weighted by Gasteiger charge is 2.29. The summed E-state index contributed by atoms with van der Waals surface area (Å²) in [6, 6.07) is -0.222. The predicted molar refractivity (Wildman–Crippen MR) is 63.9 cm³/mol. The Morgan fingerprint density at radius 2 is 2.35 bits per heavy atom. The van der Waals surface area contributed by atoms with Crippen LogP contribution in [0, 0.1) is 0 Å². The van der Waals surface area contributed by atoms with Gasteiger partial charge in [-0.1, -0.05) is 0 Å². The van der Waals surface area contributed by atoms with E-state index in [1.165, 1.54) is 0 Å². The highest BCUT2D eigenvalue weighted by atomic mass is 16.5. The Bertz CT molecular complexity index is 380. The lowest BCUT2D eigenvalue weighted by molar-refractivity contribution is -0.0340. The van der Waals surface area contributed by atoms with Crippen molar-refractivity contribution in [2.24, 2.45) is 12.8 Å². The third-order valence-electron chi connectivity index (χ3n) is 3.18. The van der Waals surface area contributed by atoms with Crippen molar-refractivity contribution in [2.45, 2.75) is 12.1 Å². The molecule has 6 heteroatoms. The molecule has 1 aromatic rings. The summed E-state index contributed by atoms with van der Waals surface area (Å²) in [5, 5.41) is 4.16. The number of aromatic nitrogens is 2. The van der Waals surface area contributed by atoms with E-state index in [1.54, 1.807) is 18.0 Å². The van der Waals surface area contributed by atoms with Crippen molar-refractivity contribution in [2.75, 3.05) is 33.9 Å². The third-order valence-corrected chi connectivity index (χ3v) is 3.18. The van der Waals surface area contributed by atoms with Gasteiger partial charge in [0.25, 0.3) is 0 Å². The van der Waals surface area contributed by atoms with E-state index in [1.807, 2.05) is 7.05 Å². The van der Waals surface area contributed by atoms with Gasteiger partial charge in [0.15, 0.2) is 5.75 Å². The van der Waals surface area contributed by atoms with Gasteiger partial charge in [0, 0.05) is 20.1 Å². The highest BCUT2D eigenvalue weighted by molar-refractivity contribution is 5.28. The molecule has 0 spiro atoms. The van der Waals surface area contributed by atoms with Gasteiger partial charge in [-0.25, -0.2) is 0 Å². The number of hydrogen-bond donors (Lipinski definition) is 1. The first-order valence-corrected chi connectivity index (χ1v) is 5.75. The monoisotopic (exact) mass is 240 g/mol. The molecule has 0 saturated carbocycles. The second-order valence-electron chi connectivity index (χ2n) is 4.42. The van der Waals surface area contributed by atoms with Gasteiger partial charge in [0.1, 0.15) is 0 Å². The topological polar surface area (TPSA) is 65.5 Å². The summed E-state index contributed by atoms with van der Waals surface area (Å²) < 4.78 is 12.7. The summed E-state index contributed by atoms with van der Waals surface area (Å²) in [7, 11) is 5.56. The molecule has 1 aliphatic rings. The molecule has 2 unspecified atom stereocenters. The molecule has 2 atom stereocenters. The van der Waals surface area contributed by atoms with Crippen LogP contribution in [0.4, 0.5) is 0 Å². The van der Waals surface area contributed by atoms with E-state index in [4.69, 9.17) is 15.2 Å². The molecule has 2 rings (SSSR count). The van der Waals surface area contributed by atoms with E-state index < -0.39 is 0 Å². The summed E-state index contributed by atoms with van der Waals surface area (Å²) in [5.41, 5.74) is 7.14. The average molecular weight is 240 g/mol. The summed E-state index contributed by atoms with van der Waals surface area (Å²) in [6.45, 7) is 2.50. The largest absolute Gasteiger partial charge is 0.493 e. The fourth-order valence-corrected chi connectivity index (χ4v) is 2.17. The standard InChI is InChI=1S/C11H20N4O2/c1-14-4-5-17-9(7-14)10(12)11-8(16-3)6-13-15(11)2/h6,9-10H,4-5,7,12H2,1-3H3. The van der Waals surface area contributed by atoms with E-state index in [-0.39, 0.29) is 12.1 Å². The first-order valence-electron chi connectivity index (χ1n) is 5.75. The molecule has 0 aliphatic carbocycles. The van der Waals surface area contributed by atoms with Crippen LogP contribution in [0.5, 0.6) is 5.75 Å². The maximum absolute atomic E-state index is 6.26. The second-order valence-corrected chi connectivity index (χ2v) is 4.42. The molecular weight excluding hydrogens is 220 g/mol. The molecule has 0 radical (unpaired) electrons. The number of aryl methyl sites for hydroxylation is 1. The van der Waals surface area contributed by atoms with Crippen LogP contribution in [0.25, 0.3) is 0 Å². The molecular formula is C11H20N4O2. The van der Waals surface area contributed by atoms with E-state index in [2.05, 4.69) is 17.0 Å². The zero-order valence-electron chi connectivity index (χ0n) is 10.6. The van der Waals surface area contributed by atoms with Gasteiger partial charge in [0.2, 0.25) is 0 Å². The van der Waals surface area contributed by atoms with Crippen LogP contribution in [0.1, 0.15) is 11.7 Å². The molecule has 2 heterocycles. The maximum Gasteiger partial charge on any atom is 0.161 e. The van der Waals surface area contributed by atoms with Gasteiger partial charge in [-0.15, -0.1) is 0 Å². The maximum atomic E-state index is 6.26. The van der Waals surface area contributed by atoms with Gasteiger partial charge in [0.05, 0.1) is 37.8 Å². The number of ether oxygens (including phenoxy) is 2. The van der Waals surface area contributed by atoms with Crippen LogP contribution >= 0.6 is 0 Å². The lowest BCUT2D eigenvalue weighted by Gasteiger charge is -2.33. The number of morpholine rings is 1. The zero-order valence-corrected chi connectivity index (χ0v) is 10.6. The minimum Gasteiger partial charge on any atom is -0.493 e. The number of likely N-dealkylation sites (N-methyl/N-ethyl adjacent to an activating group) is 1. The second kappa shape index (κ2) is 5.03. The number of hydrogen-bond acceptors (Lipinski definition) is 5.